The van der Waals surface area contributed by atoms with Crippen LogP contribution in [0.1, 0.15) is 18.5 Å². The maximum atomic E-state index is 12.5. The maximum Gasteiger partial charge on any atom is 0.189 e. The average Bonchev–Trinajstić information content (AvgIpc) is 2.38. The number of hydrogen-bond donors (Lipinski definition) is 0. The molecule has 1 aromatic heterocycles. The van der Waals surface area contributed by atoms with Crippen LogP contribution in [0.5, 0.6) is 0 Å². The van der Waals surface area contributed by atoms with Crippen LogP contribution in [0, 0.1) is 12.8 Å². The number of rotatable bonds is 3. The van der Waals surface area contributed by atoms with Gasteiger partial charge in [0.25, 0.3) is 0 Å². The molecule has 2 heterocycles. The van der Waals surface area contributed by atoms with Gasteiger partial charge in [-0.1, -0.05) is 11.8 Å². The highest BCUT2D eigenvalue weighted by Gasteiger charge is 2.20. The number of alkyl halides is 1. The summed E-state index contributed by atoms with van der Waals surface area (Å²) in [6.45, 7) is 3.60. The number of anilines is 1. The van der Waals surface area contributed by atoms with Crippen molar-refractivity contribution in [1.82, 2.24) is 9.97 Å². The van der Waals surface area contributed by atoms with Crippen molar-refractivity contribution >= 4 is 17.6 Å². The van der Waals surface area contributed by atoms with Gasteiger partial charge in [0.15, 0.2) is 5.16 Å². The van der Waals surface area contributed by atoms with Crippen molar-refractivity contribution < 1.29 is 4.39 Å². The quantitative estimate of drug-likeness (QED) is 0.613. The van der Waals surface area contributed by atoms with Crippen LogP contribution in [0.2, 0.25) is 0 Å². The Morgan fingerprint density at radius 1 is 1.41 bits per heavy atom. The smallest absolute Gasteiger partial charge is 0.189 e. The van der Waals surface area contributed by atoms with Crippen molar-refractivity contribution in [3.8, 4) is 0 Å². The van der Waals surface area contributed by atoms with Gasteiger partial charge in [0.1, 0.15) is 5.82 Å². The second-order valence-corrected chi connectivity index (χ2v) is 5.21. The van der Waals surface area contributed by atoms with Crippen LogP contribution >= 0.6 is 11.8 Å². The lowest BCUT2D eigenvalue weighted by Gasteiger charge is -2.31. The second-order valence-electron chi connectivity index (χ2n) is 4.44. The first-order valence-corrected chi connectivity index (χ1v) is 7.16. The molecule has 1 aliphatic heterocycles. The molecule has 0 spiro atoms. The number of nitrogens with zero attached hydrogens (tertiary/aromatic N) is 3. The van der Waals surface area contributed by atoms with E-state index in [9.17, 15) is 4.39 Å². The molecular formula is C12H18FN3S. The Labute approximate surface area is 106 Å². The number of aryl methyl sites for hydroxylation is 1. The molecule has 0 aliphatic carbocycles. The van der Waals surface area contributed by atoms with Gasteiger partial charge in [-0.3, -0.25) is 4.39 Å². The standard InChI is InChI=1S/C12H18FN3S/c1-9-7-11(15-12(14-9)17-2)16-5-3-10(8-13)4-6-16/h7,10H,3-6,8H2,1-2H3. The van der Waals surface area contributed by atoms with Gasteiger partial charge in [-0.2, -0.15) is 0 Å². The fourth-order valence-electron chi connectivity index (χ4n) is 2.09. The van der Waals surface area contributed by atoms with Crippen LogP contribution in [-0.4, -0.2) is 36.0 Å². The van der Waals surface area contributed by atoms with Crippen molar-refractivity contribution in [3.63, 3.8) is 0 Å². The van der Waals surface area contributed by atoms with Gasteiger partial charge in [-0.25, -0.2) is 9.97 Å². The largest absolute Gasteiger partial charge is 0.356 e. The van der Waals surface area contributed by atoms with Gasteiger partial charge in [0.2, 0.25) is 0 Å². The van der Waals surface area contributed by atoms with E-state index in [1.807, 2.05) is 19.2 Å². The van der Waals surface area contributed by atoms with E-state index >= 15 is 0 Å². The summed E-state index contributed by atoms with van der Waals surface area (Å²) < 4.78 is 12.5. The predicted molar refractivity (Wildman–Crippen MR) is 69.5 cm³/mol. The molecule has 2 rings (SSSR count). The van der Waals surface area contributed by atoms with E-state index in [1.54, 1.807) is 11.8 Å². The van der Waals surface area contributed by atoms with Gasteiger partial charge in [-0.15, -0.1) is 0 Å². The molecule has 94 valence electrons. The van der Waals surface area contributed by atoms with Crippen molar-refractivity contribution in [2.24, 2.45) is 5.92 Å². The van der Waals surface area contributed by atoms with Crippen LogP contribution in [0.25, 0.3) is 0 Å². The SMILES string of the molecule is CSc1nc(C)cc(N2CCC(CF)CC2)n1. The third kappa shape index (κ3) is 3.09. The number of aromatic nitrogens is 2. The Balaban J connectivity index is 2.10. The summed E-state index contributed by atoms with van der Waals surface area (Å²) in [6.07, 6.45) is 3.83. The molecule has 5 heteroatoms. The molecular weight excluding hydrogens is 237 g/mol. The molecule has 1 fully saturated rings. The summed E-state index contributed by atoms with van der Waals surface area (Å²) in [5.41, 5.74) is 0.993. The molecule has 0 N–H and O–H groups in total. The molecule has 0 radical (unpaired) electrons. The van der Waals surface area contributed by atoms with E-state index < -0.39 is 0 Å². The maximum absolute atomic E-state index is 12.5. The van der Waals surface area contributed by atoms with Crippen molar-refractivity contribution in [1.29, 1.82) is 0 Å². The molecule has 0 unspecified atom stereocenters. The zero-order chi connectivity index (χ0) is 12.3. The van der Waals surface area contributed by atoms with Gasteiger partial charge >= 0.3 is 0 Å². The first-order valence-electron chi connectivity index (χ1n) is 5.93. The summed E-state index contributed by atoms with van der Waals surface area (Å²) in [7, 11) is 0. The summed E-state index contributed by atoms with van der Waals surface area (Å²) >= 11 is 1.56. The molecule has 0 aromatic carbocycles. The Morgan fingerprint density at radius 2 is 2.12 bits per heavy atom. The Hall–Kier alpha value is -0.840. The van der Waals surface area contributed by atoms with E-state index in [-0.39, 0.29) is 12.6 Å². The highest BCUT2D eigenvalue weighted by Crippen LogP contribution is 2.23. The predicted octanol–water partition coefficient (Wildman–Crippen LogP) is 2.69. The Bertz CT molecular complexity index is 378. The molecule has 1 saturated heterocycles. The summed E-state index contributed by atoms with van der Waals surface area (Å²) in [5.74, 6) is 1.23. The van der Waals surface area contributed by atoms with E-state index in [0.29, 0.717) is 0 Å². The molecule has 0 atom stereocenters. The average molecular weight is 255 g/mol. The third-order valence-corrected chi connectivity index (χ3v) is 3.71. The zero-order valence-electron chi connectivity index (χ0n) is 10.3. The van der Waals surface area contributed by atoms with E-state index in [0.717, 1.165) is 42.6 Å². The van der Waals surface area contributed by atoms with Gasteiger partial charge < -0.3 is 4.90 Å². The zero-order valence-corrected chi connectivity index (χ0v) is 11.1. The first-order chi connectivity index (χ1) is 8.22. The minimum Gasteiger partial charge on any atom is -0.356 e. The minimum atomic E-state index is -0.188. The lowest BCUT2D eigenvalue weighted by atomic mass is 9.98. The van der Waals surface area contributed by atoms with Crippen molar-refractivity contribution in [3.05, 3.63) is 11.8 Å². The lowest BCUT2D eigenvalue weighted by Crippen LogP contribution is -2.35. The summed E-state index contributed by atoms with van der Waals surface area (Å²) in [4.78, 5) is 11.1. The molecule has 0 amide bonds. The van der Waals surface area contributed by atoms with Gasteiger partial charge in [0, 0.05) is 24.8 Å². The molecule has 17 heavy (non-hydrogen) atoms. The van der Waals surface area contributed by atoms with Crippen LogP contribution < -0.4 is 4.90 Å². The van der Waals surface area contributed by atoms with Crippen molar-refractivity contribution in [2.75, 3.05) is 30.9 Å². The van der Waals surface area contributed by atoms with Gasteiger partial charge in [-0.05, 0) is 31.9 Å². The number of thioether (sulfide) groups is 1. The molecule has 1 aromatic rings. The van der Waals surface area contributed by atoms with E-state index in [4.69, 9.17) is 0 Å². The highest BCUT2D eigenvalue weighted by atomic mass is 32.2. The van der Waals surface area contributed by atoms with Crippen LogP contribution in [-0.2, 0) is 0 Å². The molecule has 3 nitrogen and oxygen atoms in total. The van der Waals surface area contributed by atoms with Crippen molar-refractivity contribution in [2.45, 2.75) is 24.9 Å². The number of hydrogen-bond acceptors (Lipinski definition) is 4. The third-order valence-electron chi connectivity index (χ3n) is 3.16. The topological polar surface area (TPSA) is 29.0 Å². The van der Waals surface area contributed by atoms with E-state index in [2.05, 4.69) is 14.9 Å². The van der Waals surface area contributed by atoms with Crippen LogP contribution in [0.15, 0.2) is 11.2 Å². The fraction of sp³-hybridized carbons (Fsp3) is 0.667. The normalized spacial score (nSPS) is 17.5. The summed E-state index contributed by atoms with van der Waals surface area (Å²) in [5, 5.41) is 0.813. The van der Waals surface area contributed by atoms with Crippen LogP contribution in [0.4, 0.5) is 10.2 Å². The molecule has 1 aliphatic rings. The number of piperidine rings is 1. The molecule has 0 saturated carbocycles. The van der Waals surface area contributed by atoms with E-state index in [1.165, 1.54) is 0 Å². The monoisotopic (exact) mass is 255 g/mol. The Kier molecular flexibility index (Phi) is 4.20. The fourth-order valence-corrected chi connectivity index (χ4v) is 2.51. The Morgan fingerprint density at radius 3 is 2.71 bits per heavy atom. The minimum absolute atomic E-state index is 0.188. The first kappa shape index (κ1) is 12.6. The number of halogens is 1. The highest BCUT2D eigenvalue weighted by molar-refractivity contribution is 7.98. The van der Waals surface area contributed by atoms with Gasteiger partial charge in [0.05, 0.1) is 6.67 Å². The van der Waals surface area contributed by atoms with Crippen LogP contribution in [0.3, 0.4) is 0 Å². The second kappa shape index (κ2) is 5.67. The molecule has 0 bridgehead atoms. The summed E-state index contributed by atoms with van der Waals surface area (Å²) in [6, 6.07) is 2.01. The lowest BCUT2D eigenvalue weighted by molar-refractivity contribution is 0.307.